The Bertz CT molecular complexity index is 1040. The number of esters is 1. The third-order valence-corrected chi connectivity index (χ3v) is 4.35. The van der Waals surface area contributed by atoms with E-state index in [1.165, 1.54) is 0 Å². The van der Waals surface area contributed by atoms with Gasteiger partial charge < -0.3 is 19.2 Å². The summed E-state index contributed by atoms with van der Waals surface area (Å²) < 4.78 is 15.7. The number of H-pyrrole nitrogens is 1. The Balaban J connectivity index is 1.61. The molecule has 0 bridgehead atoms. The Morgan fingerprint density at radius 3 is 2.50 bits per heavy atom. The van der Waals surface area contributed by atoms with Crippen LogP contribution in [0.2, 0.25) is 5.02 Å². The fraction of sp³-hybridized carbons (Fsp3) is 0.250. The molecule has 1 heterocycles. The number of aromatic nitrogens is 2. The van der Waals surface area contributed by atoms with Crippen LogP contribution >= 0.6 is 11.6 Å². The topological polar surface area (TPSA) is 90.5 Å². The SMILES string of the molecule is COc1cc(CCC(=O)OCc2nc3ccc(Cl)cc3c(=O)[nH]2)cc(OC)c1. The van der Waals surface area contributed by atoms with Gasteiger partial charge in [-0.3, -0.25) is 9.59 Å². The lowest BCUT2D eigenvalue weighted by atomic mass is 10.1. The van der Waals surface area contributed by atoms with Crippen LogP contribution in [0.25, 0.3) is 10.9 Å². The van der Waals surface area contributed by atoms with Gasteiger partial charge in [0.15, 0.2) is 0 Å². The van der Waals surface area contributed by atoms with Gasteiger partial charge in [-0.25, -0.2) is 4.98 Å². The van der Waals surface area contributed by atoms with Crippen LogP contribution in [0, 0.1) is 0 Å². The van der Waals surface area contributed by atoms with Crippen molar-refractivity contribution in [2.45, 2.75) is 19.4 Å². The van der Waals surface area contributed by atoms with Crippen LogP contribution in [0.3, 0.4) is 0 Å². The standard InChI is InChI=1S/C20H19ClN2O5/c1-26-14-7-12(8-15(10-14)27-2)3-6-19(24)28-11-18-22-17-5-4-13(21)9-16(17)20(25)23-18/h4-5,7-10H,3,6,11H2,1-2H3,(H,22,23,25). The number of carbonyl (C=O) groups excluding carboxylic acids is 1. The minimum absolute atomic E-state index is 0.117. The summed E-state index contributed by atoms with van der Waals surface area (Å²) in [5.74, 6) is 1.18. The van der Waals surface area contributed by atoms with E-state index < -0.39 is 5.97 Å². The quantitative estimate of drug-likeness (QED) is 0.610. The molecule has 0 unspecified atom stereocenters. The van der Waals surface area contributed by atoms with Crippen molar-refractivity contribution in [1.82, 2.24) is 9.97 Å². The van der Waals surface area contributed by atoms with Crippen molar-refractivity contribution >= 4 is 28.5 Å². The number of hydrogen-bond donors (Lipinski definition) is 1. The number of nitrogens with one attached hydrogen (secondary N) is 1. The molecule has 0 radical (unpaired) electrons. The molecule has 0 aliphatic rings. The first-order valence-electron chi connectivity index (χ1n) is 8.54. The molecule has 0 amide bonds. The molecule has 8 heteroatoms. The van der Waals surface area contributed by atoms with Crippen molar-refractivity contribution in [3.63, 3.8) is 0 Å². The molecular weight excluding hydrogens is 384 g/mol. The van der Waals surface area contributed by atoms with E-state index in [1.54, 1.807) is 38.5 Å². The van der Waals surface area contributed by atoms with Crippen LogP contribution < -0.4 is 15.0 Å². The van der Waals surface area contributed by atoms with Gasteiger partial charge in [-0.1, -0.05) is 11.6 Å². The normalized spacial score (nSPS) is 10.7. The van der Waals surface area contributed by atoms with Crippen LogP contribution in [0.1, 0.15) is 17.8 Å². The van der Waals surface area contributed by atoms with E-state index in [0.717, 1.165) is 5.56 Å². The van der Waals surface area contributed by atoms with Crippen LogP contribution in [0.4, 0.5) is 0 Å². The molecule has 7 nitrogen and oxygen atoms in total. The molecule has 3 rings (SSSR count). The molecule has 0 aliphatic heterocycles. The molecule has 0 fully saturated rings. The van der Waals surface area contributed by atoms with Crippen LogP contribution in [-0.4, -0.2) is 30.2 Å². The zero-order chi connectivity index (χ0) is 20.1. The average molecular weight is 403 g/mol. The highest BCUT2D eigenvalue weighted by molar-refractivity contribution is 6.31. The number of rotatable bonds is 7. The monoisotopic (exact) mass is 402 g/mol. The molecule has 0 atom stereocenters. The third-order valence-electron chi connectivity index (χ3n) is 4.12. The van der Waals surface area contributed by atoms with Gasteiger partial charge in [0.2, 0.25) is 0 Å². The lowest BCUT2D eigenvalue weighted by Gasteiger charge is -2.09. The van der Waals surface area contributed by atoms with Gasteiger partial charge in [0, 0.05) is 17.5 Å². The van der Waals surface area contributed by atoms with Crippen molar-refractivity contribution in [2.24, 2.45) is 0 Å². The molecule has 28 heavy (non-hydrogen) atoms. The summed E-state index contributed by atoms with van der Waals surface area (Å²) >= 11 is 5.89. The molecule has 0 aliphatic carbocycles. The van der Waals surface area contributed by atoms with Crippen molar-refractivity contribution in [1.29, 1.82) is 0 Å². The number of aryl methyl sites for hydroxylation is 1. The summed E-state index contributed by atoms with van der Waals surface area (Å²) in [5, 5.41) is 0.836. The molecule has 0 saturated heterocycles. The number of halogens is 1. The lowest BCUT2D eigenvalue weighted by Crippen LogP contribution is -2.14. The van der Waals surface area contributed by atoms with E-state index in [2.05, 4.69) is 9.97 Å². The fourth-order valence-electron chi connectivity index (χ4n) is 2.71. The number of ether oxygens (including phenoxy) is 3. The van der Waals surface area contributed by atoms with Crippen LogP contribution in [-0.2, 0) is 22.6 Å². The zero-order valence-corrected chi connectivity index (χ0v) is 16.2. The van der Waals surface area contributed by atoms with Gasteiger partial charge in [-0.15, -0.1) is 0 Å². The largest absolute Gasteiger partial charge is 0.497 e. The maximum absolute atomic E-state index is 12.1. The van der Waals surface area contributed by atoms with Crippen molar-refractivity contribution < 1.29 is 19.0 Å². The summed E-state index contributed by atoms with van der Waals surface area (Å²) in [4.78, 5) is 31.1. The molecule has 0 spiro atoms. The van der Waals surface area contributed by atoms with Gasteiger partial charge in [-0.2, -0.15) is 0 Å². The summed E-state index contributed by atoms with van der Waals surface area (Å²) in [7, 11) is 3.14. The summed E-state index contributed by atoms with van der Waals surface area (Å²) in [6.45, 7) is -0.117. The minimum atomic E-state index is -0.402. The summed E-state index contributed by atoms with van der Waals surface area (Å²) in [6.07, 6.45) is 0.635. The van der Waals surface area contributed by atoms with E-state index in [0.29, 0.717) is 33.8 Å². The van der Waals surface area contributed by atoms with E-state index in [-0.39, 0.29) is 24.4 Å². The molecule has 1 N–H and O–H groups in total. The smallest absolute Gasteiger partial charge is 0.306 e. The number of benzene rings is 2. The minimum Gasteiger partial charge on any atom is -0.497 e. The second kappa shape index (κ2) is 8.75. The van der Waals surface area contributed by atoms with Crippen molar-refractivity contribution in [2.75, 3.05) is 14.2 Å². The number of methoxy groups -OCH3 is 2. The predicted octanol–water partition coefficient (Wildman–Crippen LogP) is 3.27. The van der Waals surface area contributed by atoms with Gasteiger partial charge >= 0.3 is 5.97 Å². The van der Waals surface area contributed by atoms with E-state index in [4.69, 9.17) is 25.8 Å². The number of fused-ring (bicyclic) bond motifs is 1. The Morgan fingerprint density at radius 2 is 1.82 bits per heavy atom. The van der Waals surface area contributed by atoms with E-state index in [9.17, 15) is 9.59 Å². The lowest BCUT2D eigenvalue weighted by molar-refractivity contribution is -0.145. The molecular formula is C20H19ClN2O5. The molecule has 146 valence electrons. The second-order valence-corrected chi connectivity index (χ2v) is 6.49. The third kappa shape index (κ3) is 4.80. The van der Waals surface area contributed by atoms with Gasteiger partial charge in [0.1, 0.15) is 23.9 Å². The predicted molar refractivity (Wildman–Crippen MR) is 105 cm³/mol. The van der Waals surface area contributed by atoms with Gasteiger partial charge in [-0.05, 0) is 42.3 Å². The highest BCUT2D eigenvalue weighted by Gasteiger charge is 2.10. The van der Waals surface area contributed by atoms with E-state index >= 15 is 0 Å². The Labute approximate surface area is 166 Å². The van der Waals surface area contributed by atoms with Crippen LogP contribution in [0.15, 0.2) is 41.2 Å². The first kappa shape index (κ1) is 19.7. The van der Waals surface area contributed by atoms with Crippen molar-refractivity contribution in [3.05, 3.63) is 63.2 Å². The van der Waals surface area contributed by atoms with Crippen molar-refractivity contribution in [3.8, 4) is 11.5 Å². The number of nitrogens with zero attached hydrogens (tertiary/aromatic N) is 1. The number of aromatic amines is 1. The first-order valence-corrected chi connectivity index (χ1v) is 8.92. The maximum Gasteiger partial charge on any atom is 0.306 e. The summed E-state index contributed by atoms with van der Waals surface area (Å²) in [5.41, 5.74) is 1.05. The molecule has 3 aromatic rings. The Hall–Kier alpha value is -3.06. The first-order chi connectivity index (χ1) is 13.5. The maximum atomic E-state index is 12.1. The van der Waals surface area contributed by atoms with Crippen LogP contribution in [0.5, 0.6) is 11.5 Å². The Kier molecular flexibility index (Phi) is 6.16. The highest BCUT2D eigenvalue weighted by Crippen LogP contribution is 2.23. The van der Waals surface area contributed by atoms with E-state index in [1.807, 2.05) is 12.1 Å². The average Bonchev–Trinajstić information content (AvgIpc) is 2.70. The number of carbonyl (C=O) groups is 1. The highest BCUT2D eigenvalue weighted by atomic mass is 35.5. The fourth-order valence-corrected chi connectivity index (χ4v) is 2.88. The van der Waals surface area contributed by atoms with Gasteiger partial charge in [0.05, 0.1) is 25.1 Å². The Morgan fingerprint density at radius 1 is 1.11 bits per heavy atom. The zero-order valence-electron chi connectivity index (χ0n) is 15.5. The van der Waals surface area contributed by atoms with Gasteiger partial charge in [0.25, 0.3) is 5.56 Å². The summed E-state index contributed by atoms with van der Waals surface area (Å²) in [6, 6.07) is 10.3. The molecule has 1 aromatic heterocycles. The number of hydrogen-bond acceptors (Lipinski definition) is 6. The molecule has 2 aromatic carbocycles. The molecule has 0 saturated carbocycles. The second-order valence-electron chi connectivity index (χ2n) is 6.06.